The summed E-state index contributed by atoms with van der Waals surface area (Å²) in [5.41, 5.74) is 7.10. The molecule has 3 aromatic rings. The maximum absolute atomic E-state index is 12.2. The van der Waals surface area contributed by atoms with Crippen LogP contribution >= 0.6 is 0 Å². The van der Waals surface area contributed by atoms with Crippen molar-refractivity contribution in [1.29, 1.82) is 0 Å². The molecule has 1 aliphatic carbocycles. The number of anilines is 1. The molecular formula is C33H50N8O14. The number of aromatic nitrogens is 7. The Balaban J connectivity index is 0.869. The third-order valence-corrected chi connectivity index (χ3v) is 10.3. The standard InChI is InChI=1S/C33H50N8O14/c1-15-17(19(44)8-18(15)41-14-35-22-29(41)36-33(34)37-30(22)50)13-51-12-16-9-40(39-38-16)6-4-2-3-5-7-52-31-27(49)25(47)28(21(11-43)54-31)55-32-26(48)24(46)23(45)20(10-42)53-32/h9,14,17-21,23-28,31-32,42-49H,1-8,10-13H2,(H3,34,36,37,50)/t17-,18-,19-,20?,21?,23-,24-,25+,26?,27?,28+,31+,32-/m0/s1. The maximum Gasteiger partial charge on any atom is 0.280 e. The van der Waals surface area contributed by atoms with Gasteiger partial charge in [0.25, 0.3) is 5.56 Å². The summed E-state index contributed by atoms with van der Waals surface area (Å²) in [6.07, 6.45) is -9.13. The number of H-pyrrole nitrogens is 1. The third kappa shape index (κ3) is 9.06. The SMILES string of the molecule is C=C1[C@H](COCc2cn(CCCCCCO[C@@H]3OC(CO)[C@@H](O[C@@H]4OC(CO)[C@H](O)[C@H](O)C4O)[C@H](O)C3O)nn2)[C@@H](O)C[C@@H]1n1cnc2c(=O)[nH]c(N)nc21. The number of hydrogen-bond donors (Lipinski definition) is 10. The van der Waals surface area contributed by atoms with Crippen LogP contribution in [0.15, 0.2) is 29.5 Å². The van der Waals surface area contributed by atoms with Gasteiger partial charge in [0.2, 0.25) is 5.95 Å². The number of aromatic amines is 1. The van der Waals surface area contributed by atoms with E-state index in [1.807, 2.05) is 0 Å². The van der Waals surface area contributed by atoms with Gasteiger partial charge in [-0.25, -0.2) is 4.98 Å². The Hall–Kier alpha value is -3.49. The third-order valence-electron chi connectivity index (χ3n) is 10.3. The van der Waals surface area contributed by atoms with E-state index < -0.39 is 86.3 Å². The molecule has 0 spiro atoms. The predicted molar refractivity (Wildman–Crippen MR) is 185 cm³/mol. The van der Waals surface area contributed by atoms with Crippen LogP contribution in [0.1, 0.15) is 43.8 Å². The number of fused-ring (bicyclic) bond motifs is 1. The van der Waals surface area contributed by atoms with Gasteiger partial charge in [-0.15, -0.1) is 5.10 Å². The molecule has 55 heavy (non-hydrogen) atoms. The minimum atomic E-state index is -1.75. The van der Waals surface area contributed by atoms with Gasteiger partial charge in [0, 0.05) is 19.1 Å². The number of ether oxygens (including phenoxy) is 5. The Bertz CT molecular complexity index is 1770. The maximum atomic E-state index is 12.2. The van der Waals surface area contributed by atoms with Crippen molar-refractivity contribution in [2.24, 2.45) is 5.92 Å². The smallest absolute Gasteiger partial charge is 0.280 e. The normalized spacial score (nSPS) is 34.2. The van der Waals surface area contributed by atoms with Gasteiger partial charge >= 0.3 is 0 Å². The zero-order valence-electron chi connectivity index (χ0n) is 29.9. The fourth-order valence-electron chi connectivity index (χ4n) is 7.15. The van der Waals surface area contributed by atoms with Gasteiger partial charge in [0.1, 0.15) is 54.5 Å². The average molecular weight is 783 g/mol. The molecule has 0 aromatic carbocycles. The fourth-order valence-corrected chi connectivity index (χ4v) is 7.15. The lowest BCUT2D eigenvalue weighted by Gasteiger charge is -2.45. The van der Waals surface area contributed by atoms with Crippen LogP contribution in [0.5, 0.6) is 0 Å². The Labute approximate surface area is 313 Å². The molecule has 4 unspecified atom stereocenters. The van der Waals surface area contributed by atoms with E-state index in [0.29, 0.717) is 30.7 Å². The van der Waals surface area contributed by atoms with Crippen LogP contribution in [0, 0.1) is 5.92 Å². The topological polar surface area (TPSA) is 328 Å². The zero-order chi connectivity index (χ0) is 39.4. The van der Waals surface area contributed by atoms with Crippen molar-refractivity contribution < 1.29 is 64.5 Å². The molecule has 11 N–H and O–H groups in total. The summed E-state index contributed by atoms with van der Waals surface area (Å²) >= 11 is 0. The highest BCUT2D eigenvalue weighted by Gasteiger charge is 2.50. The number of nitrogens with zero attached hydrogens (tertiary/aromatic N) is 6. The molecule has 1 saturated carbocycles. The monoisotopic (exact) mass is 782 g/mol. The first kappa shape index (κ1) is 41.2. The second-order valence-electron chi connectivity index (χ2n) is 14.1. The molecule has 0 amide bonds. The molecule has 306 valence electrons. The van der Waals surface area contributed by atoms with Crippen molar-refractivity contribution in [1.82, 2.24) is 34.5 Å². The molecule has 3 fully saturated rings. The van der Waals surface area contributed by atoms with Gasteiger partial charge in [-0.2, -0.15) is 4.98 Å². The molecule has 5 heterocycles. The molecule has 2 saturated heterocycles. The summed E-state index contributed by atoms with van der Waals surface area (Å²) in [7, 11) is 0. The Kier molecular flexibility index (Phi) is 13.6. The Morgan fingerprint density at radius 1 is 0.945 bits per heavy atom. The molecule has 3 aromatic heterocycles. The number of nitrogens with one attached hydrogen (secondary N) is 1. The molecule has 6 rings (SSSR count). The predicted octanol–water partition coefficient (Wildman–Crippen LogP) is -3.81. The van der Waals surface area contributed by atoms with Crippen LogP contribution in [0.25, 0.3) is 11.2 Å². The number of aryl methyl sites for hydroxylation is 1. The van der Waals surface area contributed by atoms with Gasteiger partial charge < -0.3 is 74.8 Å². The summed E-state index contributed by atoms with van der Waals surface area (Å²) in [4.78, 5) is 23.0. The lowest BCUT2D eigenvalue weighted by atomic mass is 9.97. The number of aliphatic hydroxyl groups excluding tert-OH is 8. The van der Waals surface area contributed by atoms with E-state index in [1.165, 1.54) is 6.33 Å². The summed E-state index contributed by atoms with van der Waals surface area (Å²) in [6.45, 7) is 4.03. The first-order chi connectivity index (χ1) is 26.4. The summed E-state index contributed by atoms with van der Waals surface area (Å²) in [6, 6.07) is -0.336. The van der Waals surface area contributed by atoms with Crippen LogP contribution in [0.4, 0.5) is 5.95 Å². The Morgan fingerprint density at radius 2 is 1.67 bits per heavy atom. The van der Waals surface area contributed by atoms with E-state index in [-0.39, 0.29) is 43.2 Å². The van der Waals surface area contributed by atoms with Gasteiger partial charge in [-0.3, -0.25) is 14.5 Å². The van der Waals surface area contributed by atoms with Gasteiger partial charge in [-0.1, -0.05) is 24.6 Å². The van der Waals surface area contributed by atoms with E-state index in [9.17, 15) is 45.6 Å². The number of hydrogen-bond acceptors (Lipinski definition) is 19. The van der Waals surface area contributed by atoms with Gasteiger partial charge in [0.15, 0.2) is 23.7 Å². The van der Waals surface area contributed by atoms with Crippen LogP contribution in [0.3, 0.4) is 0 Å². The van der Waals surface area contributed by atoms with E-state index >= 15 is 0 Å². The van der Waals surface area contributed by atoms with Crippen molar-refractivity contribution in [3.05, 3.63) is 40.7 Å². The molecule has 13 atom stereocenters. The first-order valence-electron chi connectivity index (χ1n) is 18.2. The molecule has 22 nitrogen and oxygen atoms in total. The quantitative estimate of drug-likeness (QED) is 0.0463. The van der Waals surface area contributed by atoms with Gasteiger partial charge in [0.05, 0.1) is 51.1 Å². The van der Waals surface area contributed by atoms with Crippen molar-refractivity contribution in [2.75, 3.05) is 32.2 Å². The molecule has 0 bridgehead atoms. The number of nitrogens with two attached hydrogens (primary N) is 1. The van der Waals surface area contributed by atoms with Gasteiger partial charge in [-0.05, 0) is 24.8 Å². The van der Waals surface area contributed by atoms with Crippen molar-refractivity contribution in [2.45, 2.75) is 119 Å². The second-order valence-corrected chi connectivity index (χ2v) is 14.1. The Morgan fingerprint density at radius 3 is 2.44 bits per heavy atom. The number of rotatable bonds is 17. The fraction of sp³-hybridized carbons (Fsp3) is 0.727. The van der Waals surface area contributed by atoms with Crippen LogP contribution < -0.4 is 11.3 Å². The summed E-state index contributed by atoms with van der Waals surface area (Å²) < 4.78 is 31.5. The van der Waals surface area contributed by atoms with Crippen molar-refractivity contribution >= 4 is 17.1 Å². The number of unbranched alkanes of at least 4 members (excludes halogenated alkanes) is 3. The molecular weight excluding hydrogens is 732 g/mol. The second kappa shape index (κ2) is 18.2. The minimum Gasteiger partial charge on any atom is -0.394 e. The highest BCUT2D eigenvalue weighted by Crippen LogP contribution is 2.40. The van der Waals surface area contributed by atoms with Crippen LogP contribution in [-0.4, -0.2) is 169 Å². The summed E-state index contributed by atoms with van der Waals surface area (Å²) in [5, 5.41) is 90.1. The minimum absolute atomic E-state index is 0.0293. The van der Waals surface area contributed by atoms with Crippen molar-refractivity contribution in [3.8, 4) is 0 Å². The van der Waals surface area contributed by atoms with Crippen LogP contribution in [0.2, 0.25) is 0 Å². The zero-order valence-corrected chi connectivity index (χ0v) is 29.9. The largest absolute Gasteiger partial charge is 0.394 e. The lowest BCUT2D eigenvalue weighted by molar-refractivity contribution is -0.359. The first-order valence-corrected chi connectivity index (χ1v) is 18.2. The van der Waals surface area contributed by atoms with Crippen molar-refractivity contribution in [3.63, 3.8) is 0 Å². The number of nitrogen functional groups attached to an aromatic ring is 1. The molecule has 0 radical (unpaired) electrons. The molecule has 22 heteroatoms. The number of aliphatic hydroxyl groups is 8. The summed E-state index contributed by atoms with van der Waals surface area (Å²) in [5.74, 6) is -0.385. The van der Waals surface area contributed by atoms with E-state index in [2.05, 4.69) is 31.8 Å². The highest BCUT2D eigenvalue weighted by molar-refractivity contribution is 5.71. The van der Waals surface area contributed by atoms with E-state index in [0.717, 1.165) is 24.8 Å². The van der Waals surface area contributed by atoms with E-state index in [4.69, 9.17) is 29.4 Å². The highest BCUT2D eigenvalue weighted by atomic mass is 16.7. The lowest BCUT2D eigenvalue weighted by Crippen LogP contribution is -2.64. The molecule has 2 aliphatic heterocycles. The van der Waals surface area contributed by atoms with Crippen LogP contribution in [-0.2, 0) is 36.8 Å². The number of imidazole rings is 1. The average Bonchev–Trinajstić information content (AvgIpc) is 3.88. The molecule has 3 aliphatic rings. The van der Waals surface area contributed by atoms with E-state index in [1.54, 1.807) is 15.4 Å².